The summed E-state index contributed by atoms with van der Waals surface area (Å²) in [5, 5.41) is 3.52. The molecule has 0 saturated heterocycles. The van der Waals surface area contributed by atoms with Crippen LogP contribution in [0.1, 0.15) is 46.5 Å². The Morgan fingerprint density at radius 3 is 2.36 bits per heavy atom. The minimum absolute atomic E-state index is 0.0171. The van der Waals surface area contributed by atoms with Gasteiger partial charge in [-0.2, -0.15) is 0 Å². The van der Waals surface area contributed by atoms with Crippen molar-refractivity contribution in [2.45, 2.75) is 52.0 Å². The van der Waals surface area contributed by atoms with Crippen LogP contribution in [0.3, 0.4) is 0 Å². The van der Waals surface area contributed by atoms with E-state index in [9.17, 15) is 0 Å². The largest absolute Gasteiger partial charge is 0.324 e. The molecule has 84 valence electrons. The van der Waals surface area contributed by atoms with Gasteiger partial charge >= 0.3 is 0 Å². The number of hydrogen-bond donors (Lipinski definition) is 2. The molecule has 1 atom stereocenters. The van der Waals surface area contributed by atoms with Crippen LogP contribution in [-0.2, 0) is 0 Å². The van der Waals surface area contributed by atoms with Gasteiger partial charge in [-0.1, -0.05) is 20.8 Å². The fourth-order valence-corrected chi connectivity index (χ4v) is 1.88. The van der Waals surface area contributed by atoms with E-state index in [0.717, 1.165) is 37.8 Å². The first-order valence-electron chi connectivity index (χ1n) is 6.11. The Morgan fingerprint density at radius 2 is 1.93 bits per heavy atom. The zero-order valence-corrected chi connectivity index (χ0v) is 9.97. The summed E-state index contributed by atoms with van der Waals surface area (Å²) in [7, 11) is 0. The summed E-state index contributed by atoms with van der Waals surface area (Å²) in [5.41, 5.74) is 6.23. The third-order valence-electron chi connectivity index (χ3n) is 3.78. The normalized spacial score (nSPS) is 19.7. The van der Waals surface area contributed by atoms with Crippen LogP contribution < -0.4 is 11.1 Å². The molecule has 1 fully saturated rings. The van der Waals surface area contributed by atoms with Gasteiger partial charge in [-0.25, -0.2) is 0 Å². The molecule has 0 aromatic heterocycles. The topological polar surface area (TPSA) is 38.0 Å². The van der Waals surface area contributed by atoms with Crippen molar-refractivity contribution in [3.8, 4) is 0 Å². The molecule has 0 aromatic carbocycles. The second-order valence-electron chi connectivity index (χ2n) is 5.02. The van der Waals surface area contributed by atoms with Gasteiger partial charge in [0.15, 0.2) is 0 Å². The average Bonchev–Trinajstić information content (AvgIpc) is 3.00. The summed E-state index contributed by atoms with van der Waals surface area (Å²) in [6.07, 6.45) is 5.01. The first kappa shape index (κ1) is 12.0. The van der Waals surface area contributed by atoms with Gasteiger partial charge in [0.1, 0.15) is 0 Å². The Bertz CT molecular complexity index is 160. The summed E-state index contributed by atoms with van der Waals surface area (Å²) in [6, 6.07) is 0. The van der Waals surface area contributed by atoms with Crippen LogP contribution in [0.2, 0.25) is 0 Å². The molecule has 2 nitrogen and oxygen atoms in total. The van der Waals surface area contributed by atoms with Crippen molar-refractivity contribution in [3.63, 3.8) is 0 Å². The minimum Gasteiger partial charge on any atom is -0.324 e. The molecule has 0 heterocycles. The Kier molecular flexibility index (Phi) is 4.39. The number of nitrogens with one attached hydrogen (secondary N) is 1. The zero-order chi connectivity index (χ0) is 10.6. The van der Waals surface area contributed by atoms with Crippen LogP contribution in [-0.4, -0.2) is 18.6 Å². The Balaban J connectivity index is 2.12. The van der Waals surface area contributed by atoms with E-state index in [4.69, 9.17) is 5.73 Å². The van der Waals surface area contributed by atoms with Gasteiger partial charge in [-0.05, 0) is 44.1 Å². The van der Waals surface area contributed by atoms with Crippen LogP contribution in [0.5, 0.6) is 0 Å². The highest BCUT2D eigenvalue weighted by molar-refractivity contribution is 4.85. The summed E-state index contributed by atoms with van der Waals surface area (Å²) in [5.74, 6) is 1.84. The van der Waals surface area contributed by atoms with Crippen LogP contribution in [0.15, 0.2) is 0 Å². The molecular formula is C12H26N2. The van der Waals surface area contributed by atoms with Gasteiger partial charge < -0.3 is 11.1 Å². The van der Waals surface area contributed by atoms with Gasteiger partial charge in [0, 0.05) is 12.1 Å². The number of hydrogen-bond acceptors (Lipinski definition) is 2. The standard InChI is InChI=1S/C12H26N2/c1-4-12(13,5-2)9-14-8-10(3)11-6-7-11/h10-11,14H,4-9,13H2,1-3H3. The fourth-order valence-electron chi connectivity index (χ4n) is 1.88. The van der Waals surface area contributed by atoms with Crippen molar-refractivity contribution >= 4 is 0 Å². The van der Waals surface area contributed by atoms with E-state index in [-0.39, 0.29) is 5.54 Å². The maximum Gasteiger partial charge on any atom is 0.0275 e. The van der Waals surface area contributed by atoms with Crippen molar-refractivity contribution in [1.82, 2.24) is 5.32 Å². The van der Waals surface area contributed by atoms with Crippen LogP contribution in [0, 0.1) is 11.8 Å². The van der Waals surface area contributed by atoms with Crippen LogP contribution in [0.25, 0.3) is 0 Å². The smallest absolute Gasteiger partial charge is 0.0275 e. The molecule has 0 aromatic rings. The molecule has 14 heavy (non-hydrogen) atoms. The molecule has 0 bridgehead atoms. The van der Waals surface area contributed by atoms with E-state index in [2.05, 4.69) is 26.1 Å². The second kappa shape index (κ2) is 5.13. The van der Waals surface area contributed by atoms with E-state index in [1.165, 1.54) is 12.8 Å². The third-order valence-corrected chi connectivity index (χ3v) is 3.78. The first-order chi connectivity index (χ1) is 6.61. The summed E-state index contributed by atoms with van der Waals surface area (Å²) >= 11 is 0. The molecule has 0 aliphatic heterocycles. The van der Waals surface area contributed by atoms with Gasteiger partial charge in [-0.15, -0.1) is 0 Å². The van der Waals surface area contributed by atoms with Crippen LogP contribution in [0.4, 0.5) is 0 Å². The molecule has 0 radical (unpaired) electrons. The highest BCUT2D eigenvalue weighted by atomic mass is 14.9. The molecule has 1 aliphatic rings. The quantitative estimate of drug-likeness (QED) is 0.658. The summed E-state index contributed by atoms with van der Waals surface area (Å²) in [6.45, 7) is 8.81. The first-order valence-corrected chi connectivity index (χ1v) is 6.11. The molecule has 1 saturated carbocycles. The highest BCUT2D eigenvalue weighted by Crippen LogP contribution is 2.36. The summed E-state index contributed by atoms with van der Waals surface area (Å²) < 4.78 is 0. The lowest BCUT2D eigenvalue weighted by atomic mass is 9.94. The van der Waals surface area contributed by atoms with Gasteiger partial charge in [0.2, 0.25) is 0 Å². The zero-order valence-electron chi connectivity index (χ0n) is 9.97. The van der Waals surface area contributed by atoms with E-state index in [1.807, 2.05) is 0 Å². The lowest BCUT2D eigenvalue weighted by molar-refractivity contribution is 0.349. The Morgan fingerprint density at radius 1 is 1.36 bits per heavy atom. The fraction of sp³-hybridized carbons (Fsp3) is 1.00. The van der Waals surface area contributed by atoms with Crippen molar-refractivity contribution in [2.24, 2.45) is 17.6 Å². The monoisotopic (exact) mass is 198 g/mol. The lowest BCUT2D eigenvalue weighted by Gasteiger charge is -2.27. The molecule has 0 amide bonds. The second-order valence-corrected chi connectivity index (χ2v) is 5.02. The molecular weight excluding hydrogens is 172 g/mol. The van der Waals surface area contributed by atoms with Gasteiger partial charge in [-0.3, -0.25) is 0 Å². The molecule has 0 spiro atoms. The van der Waals surface area contributed by atoms with E-state index in [1.54, 1.807) is 0 Å². The van der Waals surface area contributed by atoms with Crippen molar-refractivity contribution in [1.29, 1.82) is 0 Å². The van der Waals surface area contributed by atoms with Crippen molar-refractivity contribution in [3.05, 3.63) is 0 Å². The third kappa shape index (κ3) is 3.58. The van der Waals surface area contributed by atoms with E-state index < -0.39 is 0 Å². The van der Waals surface area contributed by atoms with Crippen molar-refractivity contribution < 1.29 is 0 Å². The summed E-state index contributed by atoms with van der Waals surface area (Å²) in [4.78, 5) is 0. The maximum absolute atomic E-state index is 6.21. The highest BCUT2D eigenvalue weighted by Gasteiger charge is 2.28. The molecule has 2 heteroatoms. The SMILES string of the molecule is CCC(N)(CC)CNCC(C)C1CC1. The lowest BCUT2D eigenvalue weighted by Crippen LogP contribution is -2.48. The Hall–Kier alpha value is -0.0800. The minimum atomic E-state index is 0.0171. The van der Waals surface area contributed by atoms with E-state index in [0.29, 0.717) is 0 Å². The van der Waals surface area contributed by atoms with Crippen LogP contribution >= 0.6 is 0 Å². The molecule has 3 N–H and O–H groups in total. The predicted octanol–water partition coefficient (Wildman–Crippen LogP) is 2.14. The van der Waals surface area contributed by atoms with Gasteiger partial charge in [0.25, 0.3) is 0 Å². The molecule has 1 unspecified atom stereocenters. The molecule has 1 aliphatic carbocycles. The Labute approximate surface area is 88.6 Å². The maximum atomic E-state index is 6.21. The number of rotatable bonds is 7. The predicted molar refractivity (Wildman–Crippen MR) is 62.3 cm³/mol. The number of nitrogens with two attached hydrogens (primary N) is 1. The molecule has 1 rings (SSSR count). The van der Waals surface area contributed by atoms with E-state index >= 15 is 0 Å². The average molecular weight is 198 g/mol. The van der Waals surface area contributed by atoms with Crippen molar-refractivity contribution in [2.75, 3.05) is 13.1 Å². The van der Waals surface area contributed by atoms with Gasteiger partial charge in [0.05, 0.1) is 0 Å².